The fraction of sp³-hybridized carbons (Fsp3) is 0.190. The van der Waals surface area contributed by atoms with Gasteiger partial charge in [-0.3, -0.25) is 9.69 Å². The zero-order chi connectivity index (χ0) is 20.5. The van der Waals surface area contributed by atoms with Gasteiger partial charge in [0, 0.05) is 5.69 Å². The van der Waals surface area contributed by atoms with E-state index >= 15 is 0 Å². The fourth-order valence-electron chi connectivity index (χ4n) is 3.36. The predicted octanol–water partition coefficient (Wildman–Crippen LogP) is 2.65. The van der Waals surface area contributed by atoms with Gasteiger partial charge in [-0.25, -0.2) is 14.0 Å². The maximum Gasteiger partial charge on any atom is 0.338 e. The summed E-state index contributed by atoms with van der Waals surface area (Å²) in [5.41, 5.74) is 2.91. The molecule has 2 heterocycles. The molecule has 0 aromatic heterocycles. The highest BCUT2D eigenvalue weighted by Crippen LogP contribution is 2.35. The quantitative estimate of drug-likeness (QED) is 0.779. The molecule has 0 aliphatic carbocycles. The molecule has 3 amide bonds. The van der Waals surface area contributed by atoms with Crippen LogP contribution in [0.25, 0.3) is 0 Å². The Morgan fingerprint density at radius 2 is 1.86 bits per heavy atom. The van der Waals surface area contributed by atoms with E-state index in [9.17, 15) is 18.8 Å². The highest BCUT2D eigenvalue weighted by molar-refractivity contribution is 6.00. The Hall–Kier alpha value is -3.68. The lowest BCUT2D eigenvalue weighted by molar-refractivity contribution is -0.136. The van der Waals surface area contributed by atoms with Gasteiger partial charge in [0.05, 0.1) is 17.3 Å². The van der Waals surface area contributed by atoms with Crippen molar-refractivity contribution in [1.29, 1.82) is 0 Å². The van der Waals surface area contributed by atoms with Gasteiger partial charge >= 0.3 is 12.0 Å². The number of rotatable bonds is 4. The predicted molar refractivity (Wildman–Crippen MR) is 102 cm³/mol. The molecule has 7 nitrogen and oxygen atoms in total. The number of carbonyl (C=O) groups is 3. The molecule has 0 saturated carbocycles. The van der Waals surface area contributed by atoms with E-state index in [1.54, 1.807) is 0 Å². The number of cyclic esters (lactones) is 1. The smallest absolute Gasteiger partial charge is 0.338 e. The second-order valence-corrected chi connectivity index (χ2v) is 6.87. The van der Waals surface area contributed by atoms with Gasteiger partial charge in [-0.05, 0) is 36.8 Å². The SMILES string of the molecule is Cc1ccc([C@@H]2NC(=O)N(CC(=O)Nc3ccc(F)cc3)C3=C2C(=O)OC3)cc1. The molecule has 148 valence electrons. The number of amides is 3. The summed E-state index contributed by atoms with van der Waals surface area (Å²) in [5.74, 6) is -1.42. The van der Waals surface area contributed by atoms with Gasteiger partial charge in [0.25, 0.3) is 0 Å². The Morgan fingerprint density at radius 3 is 2.55 bits per heavy atom. The van der Waals surface area contributed by atoms with Crippen LogP contribution in [0.3, 0.4) is 0 Å². The van der Waals surface area contributed by atoms with Crippen molar-refractivity contribution in [2.75, 3.05) is 18.5 Å². The lowest BCUT2D eigenvalue weighted by atomic mass is 9.95. The lowest BCUT2D eigenvalue weighted by Gasteiger charge is -2.32. The van der Waals surface area contributed by atoms with Crippen LogP contribution in [-0.4, -0.2) is 36.0 Å². The number of hydrogen-bond acceptors (Lipinski definition) is 4. The molecule has 2 N–H and O–H groups in total. The number of carbonyl (C=O) groups excluding carboxylic acids is 3. The number of aryl methyl sites for hydroxylation is 1. The lowest BCUT2D eigenvalue weighted by Crippen LogP contribution is -2.49. The first kappa shape index (κ1) is 18.7. The fourth-order valence-corrected chi connectivity index (χ4v) is 3.36. The third kappa shape index (κ3) is 3.69. The van der Waals surface area contributed by atoms with Gasteiger partial charge < -0.3 is 15.4 Å². The largest absolute Gasteiger partial charge is 0.456 e. The second-order valence-electron chi connectivity index (χ2n) is 6.87. The normalized spacial score (nSPS) is 18.3. The van der Waals surface area contributed by atoms with Gasteiger partial charge in [0.2, 0.25) is 5.91 Å². The number of ether oxygens (including phenoxy) is 1. The molecule has 29 heavy (non-hydrogen) atoms. The molecule has 0 saturated heterocycles. The number of nitrogens with zero attached hydrogens (tertiary/aromatic N) is 1. The van der Waals surface area contributed by atoms with E-state index in [-0.39, 0.29) is 13.2 Å². The molecular formula is C21H18FN3O4. The van der Waals surface area contributed by atoms with E-state index in [0.717, 1.165) is 11.1 Å². The van der Waals surface area contributed by atoms with Gasteiger partial charge in [-0.2, -0.15) is 0 Å². The van der Waals surface area contributed by atoms with E-state index < -0.39 is 29.8 Å². The van der Waals surface area contributed by atoms with E-state index in [0.29, 0.717) is 17.0 Å². The van der Waals surface area contributed by atoms with Crippen LogP contribution in [0, 0.1) is 12.7 Å². The molecular weight excluding hydrogens is 377 g/mol. The molecule has 0 fully saturated rings. The van der Waals surface area contributed by atoms with Gasteiger partial charge in [0.1, 0.15) is 19.0 Å². The molecule has 0 spiro atoms. The summed E-state index contributed by atoms with van der Waals surface area (Å²) in [6.45, 7) is 1.56. The third-order valence-corrected chi connectivity index (χ3v) is 4.84. The second kappa shape index (κ2) is 7.38. The summed E-state index contributed by atoms with van der Waals surface area (Å²) in [6, 6.07) is 11.6. The average molecular weight is 395 g/mol. The molecule has 2 aliphatic heterocycles. The van der Waals surface area contributed by atoms with Crippen LogP contribution >= 0.6 is 0 Å². The number of esters is 1. The zero-order valence-electron chi connectivity index (χ0n) is 15.6. The minimum absolute atomic E-state index is 0.0756. The third-order valence-electron chi connectivity index (χ3n) is 4.84. The zero-order valence-corrected chi connectivity index (χ0v) is 15.6. The van der Waals surface area contributed by atoms with Crippen molar-refractivity contribution in [2.24, 2.45) is 0 Å². The monoisotopic (exact) mass is 395 g/mol. The Bertz CT molecular complexity index is 1020. The van der Waals surface area contributed by atoms with Crippen molar-refractivity contribution < 1.29 is 23.5 Å². The standard InChI is InChI=1S/C21H18FN3O4/c1-12-2-4-13(5-3-12)19-18-16(11-29-20(18)27)25(21(28)24-19)10-17(26)23-15-8-6-14(22)7-9-15/h2-9,19H,10-11H2,1H3,(H,23,26)(H,24,28)/t19-/m0/s1. The molecule has 1 atom stereocenters. The molecule has 2 aromatic carbocycles. The Kier molecular flexibility index (Phi) is 4.75. The van der Waals surface area contributed by atoms with Crippen LogP contribution in [0.15, 0.2) is 59.8 Å². The average Bonchev–Trinajstić information content (AvgIpc) is 3.08. The minimum atomic E-state index is -0.635. The summed E-state index contributed by atoms with van der Waals surface area (Å²) >= 11 is 0. The van der Waals surface area contributed by atoms with Crippen molar-refractivity contribution in [1.82, 2.24) is 10.2 Å². The van der Waals surface area contributed by atoms with Crippen LogP contribution in [0.2, 0.25) is 0 Å². The van der Waals surface area contributed by atoms with Gasteiger partial charge in [0.15, 0.2) is 0 Å². The molecule has 0 unspecified atom stereocenters. The van der Waals surface area contributed by atoms with Gasteiger partial charge in [-0.1, -0.05) is 29.8 Å². The van der Waals surface area contributed by atoms with Crippen molar-refractivity contribution in [2.45, 2.75) is 13.0 Å². The van der Waals surface area contributed by atoms with E-state index in [1.165, 1.54) is 29.2 Å². The number of hydrogen-bond donors (Lipinski definition) is 2. The van der Waals surface area contributed by atoms with Crippen LogP contribution < -0.4 is 10.6 Å². The maximum absolute atomic E-state index is 13.0. The molecule has 0 bridgehead atoms. The molecule has 2 aliphatic rings. The molecule has 0 radical (unpaired) electrons. The highest BCUT2D eigenvalue weighted by Gasteiger charge is 2.42. The number of anilines is 1. The van der Waals surface area contributed by atoms with Crippen molar-refractivity contribution >= 4 is 23.6 Å². The minimum Gasteiger partial charge on any atom is -0.456 e. The Balaban J connectivity index is 1.58. The number of nitrogens with one attached hydrogen (secondary N) is 2. The topological polar surface area (TPSA) is 87.7 Å². The first-order valence-electron chi connectivity index (χ1n) is 9.02. The van der Waals surface area contributed by atoms with Crippen LogP contribution in [0.4, 0.5) is 14.9 Å². The first-order chi connectivity index (χ1) is 13.9. The summed E-state index contributed by atoms with van der Waals surface area (Å²) in [4.78, 5) is 38.6. The van der Waals surface area contributed by atoms with E-state index in [2.05, 4.69) is 10.6 Å². The number of halogens is 1. The number of urea groups is 1. The van der Waals surface area contributed by atoms with Gasteiger partial charge in [-0.15, -0.1) is 0 Å². The number of benzene rings is 2. The van der Waals surface area contributed by atoms with E-state index in [4.69, 9.17) is 4.74 Å². The first-order valence-corrected chi connectivity index (χ1v) is 9.02. The van der Waals surface area contributed by atoms with Crippen LogP contribution in [0.1, 0.15) is 17.2 Å². The van der Waals surface area contributed by atoms with Crippen molar-refractivity contribution in [3.63, 3.8) is 0 Å². The molecule has 8 heteroatoms. The van der Waals surface area contributed by atoms with Crippen molar-refractivity contribution in [3.8, 4) is 0 Å². The summed E-state index contributed by atoms with van der Waals surface area (Å²) in [6.07, 6.45) is 0. The Morgan fingerprint density at radius 1 is 1.17 bits per heavy atom. The maximum atomic E-state index is 13.0. The summed E-state index contributed by atoms with van der Waals surface area (Å²) < 4.78 is 18.2. The Labute approximate surface area is 166 Å². The molecule has 2 aromatic rings. The summed E-state index contributed by atoms with van der Waals surface area (Å²) in [7, 11) is 0. The highest BCUT2D eigenvalue weighted by atomic mass is 19.1. The van der Waals surface area contributed by atoms with E-state index in [1.807, 2.05) is 31.2 Å². The van der Waals surface area contributed by atoms with Crippen LogP contribution in [0.5, 0.6) is 0 Å². The van der Waals surface area contributed by atoms with Crippen LogP contribution in [-0.2, 0) is 14.3 Å². The summed E-state index contributed by atoms with van der Waals surface area (Å²) in [5, 5.41) is 5.38. The van der Waals surface area contributed by atoms with Crippen molar-refractivity contribution in [3.05, 3.63) is 76.7 Å². The molecule has 4 rings (SSSR count).